The summed E-state index contributed by atoms with van der Waals surface area (Å²) in [6.07, 6.45) is -2.96. The number of aliphatic hydroxyl groups excluding tert-OH is 3. The molecule has 0 aromatic rings. The molecule has 0 saturated heterocycles. The lowest BCUT2D eigenvalue weighted by Crippen LogP contribution is -2.46. The van der Waals surface area contributed by atoms with Crippen LogP contribution >= 0.6 is 0 Å². The molecule has 0 amide bonds. The van der Waals surface area contributed by atoms with E-state index < -0.39 is 30.2 Å². The number of carbonyl (C=O) groups excluding carboxylic acids is 1. The Kier molecular flexibility index (Phi) is 3.24. The third-order valence-corrected chi connectivity index (χ3v) is 2.37. The van der Waals surface area contributed by atoms with Crippen LogP contribution in [0.2, 0.25) is 0 Å². The lowest BCUT2D eigenvalue weighted by atomic mass is 9.83. The van der Waals surface area contributed by atoms with E-state index >= 15 is 0 Å². The molecule has 0 heterocycles. The first-order valence-corrected chi connectivity index (χ1v) is 4.18. The van der Waals surface area contributed by atoms with Crippen LogP contribution in [0.4, 0.5) is 0 Å². The molecule has 0 aromatic carbocycles. The van der Waals surface area contributed by atoms with Crippen LogP contribution < -0.4 is 0 Å². The Hall–Kier alpha value is -0.650. The summed E-state index contributed by atoms with van der Waals surface area (Å²) in [4.78, 5) is 11.0. The summed E-state index contributed by atoms with van der Waals surface area (Å²) in [5.41, 5.74) is 0. The summed E-state index contributed by atoms with van der Waals surface area (Å²) in [7, 11) is 1.26. The Morgan fingerprint density at radius 2 is 1.69 bits per heavy atom. The summed E-state index contributed by atoms with van der Waals surface area (Å²) in [6.45, 7) is 0. The average Bonchev–Trinajstić information content (AvgIpc) is 2.12. The zero-order valence-electron chi connectivity index (χ0n) is 7.38. The highest BCUT2D eigenvalue weighted by atomic mass is 16.5. The van der Waals surface area contributed by atoms with Gasteiger partial charge in [0.15, 0.2) is 0 Å². The predicted molar refractivity (Wildman–Crippen MR) is 42.8 cm³/mol. The number of methoxy groups -OCH3 is 1. The van der Waals surface area contributed by atoms with Gasteiger partial charge in [0.2, 0.25) is 0 Å². The van der Waals surface area contributed by atoms with Crippen LogP contribution in [0.3, 0.4) is 0 Å². The first-order chi connectivity index (χ1) is 6.06. The number of hydrogen-bond donors (Lipinski definition) is 3. The van der Waals surface area contributed by atoms with Gasteiger partial charge >= 0.3 is 5.97 Å². The molecule has 76 valence electrons. The molecule has 0 bridgehead atoms. The third kappa shape index (κ3) is 2.18. The largest absolute Gasteiger partial charge is 0.469 e. The van der Waals surface area contributed by atoms with Gasteiger partial charge < -0.3 is 20.1 Å². The minimum absolute atomic E-state index is 0.144. The van der Waals surface area contributed by atoms with Gasteiger partial charge in [0, 0.05) is 0 Å². The second-order valence-corrected chi connectivity index (χ2v) is 3.32. The molecule has 5 heteroatoms. The first-order valence-electron chi connectivity index (χ1n) is 4.18. The molecule has 2 atom stereocenters. The van der Waals surface area contributed by atoms with Crippen molar-refractivity contribution in [3.05, 3.63) is 0 Å². The molecule has 0 radical (unpaired) electrons. The van der Waals surface area contributed by atoms with Crippen molar-refractivity contribution in [3.63, 3.8) is 0 Å². The first kappa shape index (κ1) is 10.4. The number of ether oxygens (including phenoxy) is 1. The molecular formula is C8H14O5. The van der Waals surface area contributed by atoms with E-state index in [-0.39, 0.29) is 12.8 Å². The van der Waals surface area contributed by atoms with Gasteiger partial charge in [-0.25, -0.2) is 0 Å². The van der Waals surface area contributed by atoms with E-state index in [4.69, 9.17) is 5.11 Å². The van der Waals surface area contributed by atoms with Crippen LogP contribution in [0.1, 0.15) is 12.8 Å². The standard InChI is InChI=1S/C8H14O5/c1-13-8(12)4-2-5(9)7(11)6(10)3-4/h4-7,9-11H,2-3H2,1H3/t4?,5-,6-,7?/m0/s1. The van der Waals surface area contributed by atoms with Crippen molar-refractivity contribution in [2.45, 2.75) is 31.2 Å². The number of carbonyl (C=O) groups is 1. The van der Waals surface area contributed by atoms with E-state index in [0.717, 1.165) is 0 Å². The number of hydrogen-bond acceptors (Lipinski definition) is 5. The maximum atomic E-state index is 11.0. The molecule has 1 aliphatic rings. The van der Waals surface area contributed by atoms with Crippen LogP contribution in [-0.4, -0.2) is 46.7 Å². The smallest absolute Gasteiger partial charge is 0.308 e. The van der Waals surface area contributed by atoms with Crippen LogP contribution in [-0.2, 0) is 9.53 Å². The fraction of sp³-hybridized carbons (Fsp3) is 0.875. The number of esters is 1. The fourth-order valence-electron chi connectivity index (χ4n) is 1.57. The summed E-state index contributed by atoms with van der Waals surface area (Å²) in [5.74, 6) is -0.969. The Morgan fingerprint density at radius 3 is 2.08 bits per heavy atom. The van der Waals surface area contributed by atoms with Gasteiger partial charge in [-0.2, -0.15) is 0 Å². The highest BCUT2D eigenvalue weighted by Gasteiger charge is 2.38. The van der Waals surface area contributed by atoms with Gasteiger partial charge in [-0.1, -0.05) is 0 Å². The van der Waals surface area contributed by atoms with E-state index in [1.165, 1.54) is 7.11 Å². The molecule has 0 unspecified atom stereocenters. The van der Waals surface area contributed by atoms with Gasteiger partial charge in [0.05, 0.1) is 25.2 Å². The molecule has 3 N–H and O–H groups in total. The highest BCUT2D eigenvalue weighted by Crippen LogP contribution is 2.25. The highest BCUT2D eigenvalue weighted by molar-refractivity contribution is 5.72. The molecule has 1 rings (SSSR count). The summed E-state index contributed by atoms with van der Waals surface area (Å²) >= 11 is 0. The van der Waals surface area contributed by atoms with Crippen molar-refractivity contribution < 1.29 is 24.9 Å². The Bertz CT molecular complexity index is 181. The minimum atomic E-state index is -1.15. The lowest BCUT2D eigenvalue weighted by Gasteiger charge is -2.32. The fourth-order valence-corrected chi connectivity index (χ4v) is 1.57. The topological polar surface area (TPSA) is 87.0 Å². The second kappa shape index (κ2) is 4.04. The zero-order chi connectivity index (χ0) is 10.0. The molecule has 13 heavy (non-hydrogen) atoms. The summed E-state index contributed by atoms with van der Waals surface area (Å²) in [5, 5.41) is 27.7. The van der Waals surface area contributed by atoms with Crippen LogP contribution in [0, 0.1) is 5.92 Å². The zero-order valence-corrected chi connectivity index (χ0v) is 7.38. The SMILES string of the molecule is COC(=O)C1C[C@H](O)C(O)[C@@H](O)C1. The van der Waals surface area contributed by atoms with E-state index in [0.29, 0.717) is 0 Å². The van der Waals surface area contributed by atoms with Gasteiger partial charge in [-0.05, 0) is 12.8 Å². The van der Waals surface area contributed by atoms with Crippen molar-refractivity contribution in [1.82, 2.24) is 0 Å². The van der Waals surface area contributed by atoms with Gasteiger partial charge in [-0.15, -0.1) is 0 Å². The second-order valence-electron chi connectivity index (χ2n) is 3.32. The number of aliphatic hydroxyl groups is 3. The van der Waals surface area contributed by atoms with E-state index in [1.54, 1.807) is 0 Å². The van der Waals surface area contributed by atoms with Crippen LogP contribution in [0.15, 0.2) is 0 Å². The maximum absolute atomic E-state index is 11.0. The molecule has 1 aliphatic carbocycles. The van der Waals surface area contributed by atoms with Crippen molar-refractivity contribution in [3.8, 4) is 0 Å². The minimum Gasteiger partial charge on any atom is -0.469 e. The monoisotopic (exact) mass is 190 g/mol. The maximum Gasteiger partial charge on any atom is 0.308 e. The average molecular weight is 190 g/mol. The summed E-state index contributed by atoms with van der Waals surface area (Å²) in [6, 6.07) is 0. The Balaban J connectivity index is 2.58. The van der Waals surface area contributed by atoms with Crippen molar-refractivity contribution in [1.29, 1.82) is 0 Å². The normalized spacial score (nSPS) is 40.0. The van der Waals surface area contributed by atoms with E-state index in [9.17, 15) is 15.0 Å². The van der Waals surface area contributed by atoms with Gasteiger partial charge in [0.25, 0.3) is 0 Å². The quantitative estimate of drug-likeness (QED) is 0.445. The predicted octanol–water partition coefficient (Wildman–Crippen LogP) is -1.35. The Labute approximate surface area is 75.9 Å². The summed E-state index contributed by atoms with van der Waals surface area (Å²) < 4.78 is 4.48. The van der Waals surface area contributed by atoms with Gasteiger partial charge in [-0.3, -0.25) is 4.79 Å². The molecule has 5 nitrogen and oxygen atoms in total. The third-order valence-electron chi connectivity index (χ3n) is 2.37. The van der Waals surface area contributed by atoms with Gasteiger partial charge in [0.1, 0.15) is 6.10 Å². The molecule has 1 fully saturated rings. The van der Waals surface area contributed by atoms with Crippen LogP contribution in [0.25, 0.3) is 0 Å². The van der Waals surface area contributed by atoms with Crippen LogP contribution in [0.5, 0.6) is 0 Å². The molecule has 0 aromatic heterocycles. The lowest BCUT2D eigenvalue weighted by molar-refractivity contribution is -0.156. The van der Waals surface area contributed by atoms with E-state index in [1.807, 2.05) is 0 Å². The molecule has 0 spiro atoms. The molecule has 0 aliphatic heterocycles. The molecular weight excluding hydrogens is 176 g/mol. The van der Waals surface area contributed by atoms with Crippen molar-refractivity contribution in [2.75, 3.05) is 7.11 Å². The van der Waals surface area contributed by atoms with E-state index in [2.05, 4.69) is 4.74 Å². The Morgan fingerprint density at radius 1 is 1.23 bits per heavy atom. The number of rotatable bonds is 1. The van der Waals surface area contributed by atoms with Crippen molar-refractivity contribution >= 4 is 5.97 Å². The molecule has 1 saturated carbocycles. The van der Waals surface area contributed by atoms with Crippen molar-refractivity contribution in [2.24, 2.45) is 5.92 Å².